The third kappa shape index (κ3) is 2.65. The van der Waals surface area contributed by atoms with Gasteiger partial charge in [-0.1, -0.05) is 30.3 Å². The monoisotopic (exact) mass is 283 g/mol. The van der Waals surface area contributed by atoms with Crippen molar-refractivity contribution in [3.63, 3.8) is 0 Å². The quantitative estimate of drug-likeness (QED) is 0.850. The number of hydrogen-bond acceptors (Lipinski definition) is 1. The normalized spacial score (nSPS) is 38.6. The van der Waals surface area contributed by atoms with Crippen molar-refractivity contribution in [3.8, 4) is 0 Å². The fraction of sp³-hybridized carbons (Fsp3) is 0.700. The molecule has 1 N–H and O–H groups in total. The number of benzene rings is 1. The molecule has 0 spiro atoms. The van der Waals surface area contributed by atoms with Crippen molar-refractivity contribution in [2.24, 2.45) is 29.6 Å². The average Bonchev–Trinajstić information content (AvgIpc) is 2.50. The van der Waals surface area contributed by atoms with E-state index in [0.717, 1.165) is 35.6 Å². The van der Waals surface area contributed by atoms with Crippen LogP contribution in [0.2, 0.25) is 0 Å². The molecule has 4 bridgehead atoms. The minimum atomic E-state index is 0.736. The van der Waals surface area contributed by atoms with Gasteiger partial charge < -0.3 is 5.32 Å². The van der Waals surface area contributed by atoms with Gasteiger partial charge in [0.1, 0.15) is 0 Å². The van der Waals surface area contributed by atoms with E-state index < -0.39 is 0 Å². The molecule has 1 aromatic carbocycles. The summed E-state index contributed by atoms with van der Waals surface area (Å²) in [6.45, 7) is 0. The summed E-state index contributed by atoms with van der Waals surface area (Å²) in [5.41, 5.74) is 1.50. The summed E-state index contributed by atoms with van der Waals surface area (Å²) in [4.78, 5) is 0. The minimum absolute atomic E-state index is 0.736. The zero-order chi connectivity index (χ0) is 14.2. The highest BCUT2D eigenvalue weighted by atomic mass is 14.9. The van der Waals surface area contributed by atoms with E-state index in [1.165, 1.54) is 18.4 Å². The van der Waals surface area contributed by atoms with Crippen LogP contribution in [0.1, 0.15) is 44.1 Å². The third-order valence-corrected chi connectivity index (χ3v) is 6.72. The zero-order valence-electron chi connectivity index (χ0n) is 13.3. The third-order valence-electron chi connectivity index (χ3n) is 6.72. The molecule has 1 unspecified atom stereocenters. The Balaban J connectivity index is 1.43. The van der Waals surface area contributed by atoms with Crippen LogP contribution in [0.25, 0.3) is 0 Å². The Morgan fingerprint density at radius 3 is 2.14 bits per heavy atom. The van der Waals surface area contributed by atoms with Gasteiger partial charge in [-0.3, -0.25) is 0 Å². The maximum Gasteiger partial charge on any atom is 0.0101 e. The van der Waals surface area contributed by atoms with Crippen molar-refractivity contribution in [1.29, 1.82) is 0 Å². The van der Waals surface area contributed by atoms with E-state index in [4.69, 9.17) is 0 Å². The standard InChI is InChI=1S/C20H29N/c1-21-19(8-7-14-5-3-2-4-6-14)20-17-10-15-9-16(12-17)13-18(20)11-15/h2-6,15-21H,7-13H2,1H3. The Hall–Kier alpha value is -0.820. The minimum Gasteiger partial charge on any atom is -0.317 e. The molecule has 0 amide bonds. The van der Waals surface area contributed by atoms with Gasteiger partial charge in [0.15, 0.2) is 0 Å². The average molecular weight is 283 g/mol. The van der Waals surface area contributed by atoms with Crippen LogP contribution in [-0.4, -0.2) is 13.1 Å². The van der Waals surface area contributed by atoms with Crippen LogP contribution in [0.15, 0.2) is 30.3 Å². The van der Waals surface area contributed by atoms with Crippen LogP contribution >= 0.6 is 0 Å². The number of nitrogens with one attached hydrogen (secondary N) is 1. The summed E-state index contributed by atoms with van der Waals surface area (Å²) < 4.78 is 0. The van der Waals surface area contributed by atoms with E-state index in [1.807, 2.05) is 0 Å². The lowest BCUT2D eigenvalue weighted by Crippen LogP contribution is -2.52. The predicted molar refractivity (Wildman–Crippen MR) is 88.1 cm³/mol. The van der Waals surface area contributed by atoms with E-state index in [9.17, 15) is 0 Å². The lowest BCUT2D eigenvalue weighted by molar-refractivity contribution is -0.0518. The van der Waals surface area contributed by atoms with E-state index in [1.54, 1.807) is 32.1 Å². The fourth-order valence-electron chi connectivity index (χ4n) is 6.12. The Morgan fingerprint density at radius 2 is 1.57 bits per heavy atom. The first-order valence-corrected chi connectivity index (χ1v) is 9.04. The second-order valence-corrected chi connectivity index (χ2v) is 7.93. The largest absolute Gasteiger partial charge is 0.317 e. The molecule has 1 nitrogen and oxygen atoms in total. The summed E-state index contributed by atoms with van der Waals surface area (Å²) in [5.74, 6) is 5.22. The molecule has 114 valence electrons. The van der Waals surface area contributed by atoms with Gasteiger partial charge in [-0.15, -0.1) is 0 Å². The van der Waals surface area contributed by atoms with Gasteiger partial charge in [0.25, 0.3) is 0 Å². The molecular weight excluding hydrogens is 254 g/mol. The first-order chi connectivity index (χ1) is 10.3. The molecule has 4 aliphatic carbocycles. The van der Waals surface area contributed by atoms with Crippen molar-refractivity contribution in [2.75, 3.05) is 7.05 Å². The summed E-state index contributed by atoms with van der Waals surface area (Å²) >= 11 is 0. The Labute approximate surface area is 129 Å². The molecule has 0 radical (unpaired) electrons. The van der Waals surface area contributed by atoms with Crippen molar-refractivity contribution < 1.29 is 0 Å². The van der Waals surface area contributed by atoms with Gasteiger partial charge in [0.05, 0.1) is 0 Å². The molecule has 1 aromatic rings. The SMILES string of the molecule is CNC(CCc1ccccc1)C1C2CC3CC(C2)CC1C3. The van der Waals surface area contributed by atoms with Crippen molar-refractivity contribution in [2.45, 2.75) is 51.0 Å². The molecule has 5 rings (SSSR count). The molecule has 0 aliphatic heterocycles. The van der Waals surface area contributed by atoms with Crippen LogP contribution < -0.4 is 5.32 Å². The van der Waals surface area contributed by atoms with Crippen molar-refractivity contribution in [3.05, 3.63) is 35.9 Å². The maximum absolute atomic E-state index is 3.70. The second-order valence-electron chi connectivity index (χ2n) is 7.93. The number of hydrogen-bond donors (Lipinski definition) is 1. The van der Waals surface area contributed by atoms with Gasteiger partial charge >= 0.3 is 0 Å². The highest BCUT2D eigenvalue weighted by Crippen LogP contribution is 2.57. The Kier molecular flexibility index (Phi) is 3.79. The van der Waals surface area contributed by atoms with E-state index in [2.05, 4.69) is 42.7 Å². The molecule has 1 atom stereocenters. The lowest BCUT2D eigenvalue weighted by atomic mass is 9.50. The summed E-state index contributed by atoms with van der Waals surface area (Å²) in [6, 6.07) is 11.8. The van der Waals surface area contributed by atoms with Crippen LogP contribution in [-0.2, 0) is 6.42 Å². The van der Waals surface area contributed by atoms with Gasteiger partial charge in [-0.05, 0) is 87.1 Å². The molecular formula is C20H29N. The van der Waals surface area contributed by atoms with Crippen LogP contribution in [0, 0.1) is 29.6 Å². The van der Waals surface area contributed by atoms with Crippen LogP contribution in [0.3, 0.4) is 0 Å². The summed E-state index contributed by atoms with van der Waals surface area (Å²) in [6.07, 6.45) is 10.3. The highest BCUT2D eigenvalue weighted by molar-refractivity contribution is 5.15. The molecule has 0 saturated heterocycles. The van der Waals surface area contributed by atoms with Gasteiger partial charge in [-0.25, -0.2) is 0 Å². The molecule has 4 aliphatic rings. The Morgan fingerprint density at radius 1 is 0.952 bits per heavy atom. The lowest BCUT2D eigenvalue weighted by Gasteiger charge is -2.56. The van der Waals surface area contributed by atoms with Crippen LogP contribution in [0.5, 0.6) is 0 Å². The molecule has 4 fully saturated rings. The van der Waals surface area contributed by atoms with Crippen LogP contribution in [0.4, 0.5) is 0 Å². The molecule has 4 saturated carbocycles. The molecule has 21 heavy (non-hydrogen) atoms. The first-order valence-electron chi connectivity index (χ1n) is 9.04. The maximum atomic E-state index is 3.70. The first kappa shape index (κ1) is 13.8. The Bertz CT molecular complexity index is 438. The highest BCUT2D eigenvalue weighted by Gasteiger charge is 2.49. The molecule has 0 aromatic heterocycles. The van der Waals surface area contributed by atoms with Crippen molar-refractivity contribution in [1.82, 2.24) is 5.32 Å². The number of rotatable bonds is 5. The number of aryl methyl sites for hydroxylation is 1. The topological polar surface area (TPSA) is 12.0 Å². The van der Waals surface area contributed by atoms with E-state index >= 15 is 0 Å². The molecule has 1 heteroatoms. The fourth-order valence-corrected chi connectivity index (χ4v) is 6.12. The van der Waals surface area contributed by atoms with Gasteiger partial charge in [-0.2, -0.15) is 0 Å². The predicted octanol–water partition coefficient (Wildman–Crippen LogP) is 4.28. The van der Waals surface area contributed by atoms with E-state index in [0.29, 0.717) is 0 Å². The zero-order valence-corrected chi connectivity index (χ0v) is 13.3. The summed E-state index contributed by atoms with van der Waals surface area (Å²) in [7, 11) is 2.20. The summed E-state index contributed by atoms with van der Waals surface area (Å²) in [5, 5.41) is 3.70. The second kappa shape index (κ2) is 5.76. The van der Waals surface area contributed by atoms with Gasteiger partial charge in [0.2, 0.25) is 0 Å². The van der Waals surface area contributed by atoms with Crippen molar-refractivity contribution >= 4 is 0 Å². The van der Waals surface area contributed by atoms with E-state index in [-0.39, 0.29) is 0 Å². The van der Waals surface area contributed by atoms with Gasteiger partial charge in [0, 0.05) is 6.04 Å². The molecule has 0 heterocycles. The smallest absolute Gasteiger partial charge is 0.0101 e.